The smallest absolute Gasteiger partial charge is 0.391 e. The van der Waals surface area contributed by atoms with E-state index in [-0.39, 0.29) is 88.9 Å². The van der Waals surface area contributed by atoms with Gasteiger partial charge in [0.15, 0.2) is 10.2 Å². The van der Waals surface area contributed by atoms with E-state index in [1.54, 1.807) is 12.1 Å². The fraction of sp³-hybridized carbons (Fsp3) is 0.562. The van der Waals surface area contributed by atoms with Crippen LogP contribution >= 0.6 is 31.1 Å². The van der Waals surface area contributed by atoms with Gasteiger partial charge in [-0.2, -0.15) is 14.0 Å². The van der Waals surface area contributed by atoms with Gasteiger partial charge in [0.25, 0.3) is 5.91 Å². The molecule has 68 heavy (non-hydrogen) atoms. The van der Waals surface area contributed by atoms with Crippen LogP contribution < -0.4 is 10.9 Å². The summed E-state index contributed by atoms with van der Waals surface area (Å²) in [5.41, 5.74) is -4.63. The fourth-order valence-electron chi connectivity index (χ4n) is 9.04. The number of fused-ring (bicyclic) bond motifs is 2. The lowest BCUT2D eigenvalue weighted by Crippen LogP contribution is -2.56. The van der Waals surface area contributed by atoms with Crippen molar-refractivity contribution in [3.8, 4) is 6.07 Å². The van der Waals surface area contributed by atoms with E-state index in [0.29, 0.717) is 36.6 Å². The number of likely N-dealkylation sites (tertiary alicyclic amines) is 1. The summed E-state index contributed by atoms with van der Waals surface area (Å²) >= 11 is 1.76. The Kier molecular flexibility index (Phi) is 18.2. The van der Waals surface area contributed by atoms with Gasteiger partial charge in [-0.3, -0.25) is 33.3 Å². The van der Waals surface area contributed by atoms with Crippen molar-refractivity contribution < 1.29 is 51.5 Å². The second kappa shape index (κ2) is 23.4. The molecule has 15 nitrogen and oxygen atoms in total. The monoisotopic (exact) mass is 999 g/mol. The summed E-state index contributed by atoms with van der Waals surface area (Å²) in [6.45, 7) is 6.71. The normalized spacial score (nSPS) is 22.4. The van der Waals surface area contributed by atoms with E-state index < -0.39 is 85.8 Å². The number of aromatic nitrogens is 1. The average Bonchev–Trinajstić information content (AvgIpc) is 3.89. The second-order valence-corrected chi connectivity index (χ2v) is 22.9. The molecule has 0 bridgehead atoms. The van der Waals surface area contributed by atoms with Gasteiger partial charge in [-0.15, -0.1) is 0 Å². The number of hydrogen-bond donors (Lipinski definition) is 3. The Hall–Kier alpha value is -4.44. The van der Waals surface area contributed by atoms with Crippen molar-refractivity contribution in [1.82, 2.24) is 20.1 Å². The predicted molar refractivity (Wildman–Crippen MR) is 256 cm³/mol. The highest BCUT2D eigenvalue weighted by atomic mass is 32.2. The van der Waals surface area contributed by atoms with Crippen molar-refractivity contribution in [3.63, 3.8) is 0 Å². The maximum absolute atomic E-state index is 16.6. The van der Waals surface area contributed by atoms with Gasteiger partial charge in [-0.05, 0) is 65.3 Å². The maximum atomic E-state index is 16.6. The minimum atomic E-state index is -5.30. The third-order valence-electron chi connectivity index (χ3n) is 12.4. The topological polar surface area (TPSA) is 216 Å². The standard InChI is InChI=1S/C48H60F2N5O10PS2/c1-29(2)20-43(58)67-18-16-64-66(63,65-17-19-68-44(59)21-30(3)4)48(49,50)36-13-12-31-10-11-33(22-34(31)23-36)45(60)53-38-8-6-5-7-9-39-41(56)25-40(55(39)46(38)61)47(62)54-27-35(26-51)37(28-54)32-14-15-52-42(57)24-32/h10-15,22-24,29-30,35,37-41,56H,5-9,16-21,25,27-28H2,1-4H3,(H,52,57)(H,53,60)/t35-,37+,38-,39-,40-,41+/m0/s1. The molecule has 3 aliphatic rings. The first-order chi connectivity index (χ1) is 32.3. The first kappa shape index (κ1) is 52.9. The number of nitrogens with zero attached hydrogens (tertiary/aromatic N) is 3. The molecule has 4 heterocycles. The molecule has 0 radical (unpaired) electrons. The molecule has 3 saturated heterocycles. The van der Waals surface area contributed by atoms with Crippen LogP contribution in [0.5, 0.6) is 0 Å². The van der Waals surface area contributed by atoms with Crippen LogP contribution in [0, 0.1) is 29.1 Å². The van der Waals surface area contributed by atoms with Crippen LogP contribution in [0.3, 0.4) is 0 Å². The molecule has 3 aliphatic heterocycles. The molecule has 1 aromatic heterocycles. The molecule has 3 amide bonds. The number of aliphatic hydroxyl groups excluding tert-OH is 1. The van der Waals surface area contributed by atoms with Crippen molar-refractivity contribution in [1.29, 1.82) is 5.26 Å². The number of thioether (sulfide) groups is 2. The van der Waals surface area contributed by atoms with Gasteiger partial charge in [-0.25, -0.2) is 0 Å². The van der Waals surface area contributed by atoms with Crippen LogP contribution in [0.25, 0.3) is 10.8 Å². The SMILES string of the molecule is CC(C)CC(=O)SCCOP(=O)(OCCSC(=O)CC(C)C)C(F)(F)c1ccc2ccc(C(=O)N[C@H]3CCCCC[C@H]4[C@H](O)C[C@@H](C(=O)N5C[C@H](c6cc[nH]c(=O)c6)[C@@H](C#N)C5)N4C3=O)cc2c1. The molecule has 0 saturated carbocycles. The Labute approximate surface area is 403 Å². The molecule has 3 N–H and O–H groups in total. The molecule has 20 heteroatoms. The highest BCUT2D eigenvalue weighted by Crippen LogP contribution is 2.67. The Bertz CT molecular complexity index is 2450. The highest BCUT2D eigenvalue weighted by molar-refractivity contribution is 8.13. The Morgan fingerprint density at radius 3 is 2.19 bits per heavy atom. The highest BCUT2D eigenvalue weighted by Gasteiger charge is 2.55. The van der Waals surface area contributed by atoms with Crippen molar-refractivity contribution in [2.75, 3.05) is 37.8 Å². The van der Waals surface area contributed by atoms with Crippen molar-refractivity contribution in [2.24, 2.45) is 17.8 Å². The number of nitriles is 1. The third kappa shape index (κ3) is 12.8. The molecule has 368 valence electrons. The molecular formula is C48H60F2N5O10PS2. The summed E-state index contributed by atoms with van der Waals surface area (Å²) in [6, 6.07) is 10.4. The molecule has 6 atom stereocenters. The lowest BCUT2D eigenvalue weighted by atomic mass is 9.91. The maximum Gasteiger partial charge on any atom is 0.404 e. The van der Waals surface area contributed by atoms with Crippen LogP contribution in [0.1, 0.15) is 106 Å². The summed E-state index contributed by atoms with van der Waals surface area (Å²) in [6.07, 6.45) is 3.53. The number of amides is 3. The lowest BCUT2D eigenvalue weighted by Gasteiger charge is -2.34. The number of carbonyl (C=O) groups excluding carboxylic acids is 5. The van der Waals surface area contributed by atoms with E-state index >= 15 is 8.78 Å². The fourth-order valence-corrected chi connectivity index (χ4v) is 12.5. The molecule has 6 rings (SSSR count). The number of hydrogen-bond acceptors (Lipinski definition) is 13. The largest absolute Gasteiger partial charge is 0.404 e. The third-order valence-corrected chi connectivity index (χ3v) is 16.1. The van der Waals surface area contributed by atoms with Gasteiger partial charge in [0.05, 0.1) is 37.3 Å². The molecule has 0 spiro atoms. The molecule has 0 aliphatic carbocycles. The van der Waals surface area contributed by atoms with E-state index in [1.807, 2.05) is 27.7 Å². The Balaban J connectivity index is 1.20. The number of aliphatic hydroxyl groups is 1. The van der Waals surface area contributed by atoms with Crippen LogP contribution in [0.2, 0.25) is 0 Å². The Morgan fingerprint density at radius 2 is 1.56 bits per heavy atom. The minimum Gasteiger partial charge on any atom is -0.391 e. The van der Waals surface area contributed by atoms with Crippen molar-refractivity contribution in [3.05, 3.63) is 81.8 Å². The quantitative estimate of drug-likeness (QED) is 0.0829. The summed E-state index contributed by atoms with van der Waals surface area (Å²) in [5, 5.41) is 24.4. The summed E-state index contributed by atoms with van der Waals surface area (Å²) < 4.78 is 58.0. The molecule has 2 aromatic carbocycles. The zero-order valence-electron chi connectivity index (χ0n) is 38.7. The van der Waals surface area contributed by atoms with Gasteiger partial charge < -0.3 is 34.3 Å². The van der Waals surface area contributed by atoms with E-state index in [2.05, 4.69) is 16.4 Å². The van der Waals surface area contributed by atoms with Crippen LogP contribution in [0.4, 0.5) is 8.78 Å². The predicted octanol–water partition coefficient (Wildman–Crippen LogP) is 7.57. The van der Waals surface area contributed by atoms with Gasteiger partial charge >= 0.3 is 13.3 Å². The first-order valence-electron chi connectivity index (χ1n) is 23.1. The number of nitrogens with one attached hydrogen (secondary N) is 2. The number of benzene rings is 2. The van der Waals surface area contributed by atoms with Crippen LogP contribution in [-0.4, -0.2) is 110 Å². The number of carbonyl (C=O) groups is 5. The molecular weight excluding hydrogens is 940 g/mol. The van der Waals surface area contributed by atoms with Crippen LogP contribution in [-0.2, 0) is 38.5 Å². The van der Waals surface area contributed by atoms with Crippen LogP contribution in [0.15, 0.2) is 59.5 Å². The van der Waals surface area contributed by atoms with E-state index in [1.165, 1.54) is 40.3 Å². The Morgan fingerprint density at radius 1 is 0.912 bits per heavy atom. The second-order valence-electron chi connectivity index (χ2n) is 18.5. The van der Waals surface area contributed by atoms with E-state index in [9.17, 15) is 43.7 Å². The molecule has 3 aromatic rings. The van der Waals surface area contributed by atoms with E-state index in [4.69, 9.17) is 9.05 Å². The first-order valence-corrected chi connectivity index (χ1v) is 26.6. The van der Waals surface area contributed by atoms with Crippen molar-refractivity contribution in [2.45, 2.75) is 115 Å². The zero-order valence-corrected chi connectivity index (χ0v) is 41.2. The number of halogens is 2. The molecule has 0 unspecified atom stereocenters. The average molecular weight is 1000 g/mol. The van der Waals surface area contributed by atoms with Crippen molar-refractivity contribution >= 4 is 69.8 Å². The summed E-state index contributed by atoms with van der Waals surface area (Å²) in [4.78, 5) is 85.0. The zero-order chi connectivity index (χ0) is 49.3. The van der Waals surface area contributed by atoms with Gasteiger partial charge in [0.1, 0.15) is 12.1 Å². The summed E-state index contributed by atoms with van der Waals surface area (Å²) in [5.74, 6) is -2.66. The van der Waals surface area contributed by atoms with Gasteiger partial charge in [0.2, 0.25) is 17.4 Å². The number of H-pyrrole nitrogens is 1. The van der Waals surface area contributed by atoms with Gasteiger partial charge in [0, 0.05) is 73.2 Å². The number of rotatable bonds is 18. The lowest BCUT2D eigenvalue weighted by molar-refractivity contribution is -0.146. The number of pyridine rings is 1. The minimum absolute atomic E-state index is 0.0311. The number of aromatic amines is 1. The number of alkyl halides is 2. The summed E-state index contributed by atoms with van der Waals surface area (Å²) in [7, 11) is -5.30. The van der Waals surface area contributed by atoms with Gasteiger partial charge in [-0.1, -0.05) is 88.7 Å². The molecule has 3 fully saturated rings. The van der Waals surface area contributed by atoms with E-state index in [0.717, 1.165) is 35.7 Å².